The first kappa shape index (κ1) is 11.6. The summed E-state index contributed by atoms with van der Waals surface area (Å²) in [5, 5.41) is 0. The maximum atomic E-state index is 6.10. The molecule has 4 aliphatic rings. The van der Waals surface area contributed by atoms with Crippen LogP contribution in [0.2, 0.25) is 0 Å². The van der Waals surface area contributed by atoms with Gasteiger partial charge >= 0.3 is 0 Å². The van der Waals surface area contributed by atoms with Gasteiger partial charge in [-0.05, 0) is 61.7 Å². The van der Waals surface area contributed by atoms with E-state index < -0.39 is 0 Å². The number of nitrogens with two attached hydrogens (primary N) is 2. The summed E-state index contributed by atoms with van der Waals surface area (Å²) < 4.78 is 1.46. The van der Waals surface area contributed by atoms with Gasteiger partial charge in [-0.15, -0.1) is 0 Å². The molecule has 0 spiro atoms. The number of nitrogen functional groups attached to an aromatic ring is 2. The van der Waals surface area contributed by atoms with E-state index >= 15 is 0 Å². The van der Waals surface area contributed by atoms with Crippen molar-refractivity contribution in [2.75, 3.05) is 11.6 Å². The molecular formula is C15H24N4. The van der Waals surface area contributed by atoms with E-state index in [1.807, 2.05) is 0 Å². The summed E-state index contributed by atoms with van der Waals surface area (Å²) in [5.74, 6) is 9.81. The lowest BCUT2D eigenvalue weighted by Gasteiger charge is -2.59. The van der Waals surface area contributed by atoms with E-state index in [2.05, 4.69) is 11.9 Å². The van der Waals surface area contributed by atoms with Crippen LogP contribution in [-0.2, 0) is 0 Å². The van der Waals surface area contributed by atoms with E-state index in [4.69, 9.17) is 11.6 Å². The van der Waals surface area contributed by atoms with Gasteiger partial charge < -0.3 is 11.6 Å². The molecule has 0 radical (unpaired) electrons. The lowest BCUT2D eigenvalue weighted by atomic mass is 9.46. The predicted molar refractivity (Wildman–Crippen MR) is 75.8 cm³/mol. The van der Waals surface area contributed by atoms with E-state index in [0.29, 0.717) is 17.2 Å². The van der Waals surface area contributed by atoms with Crippen LogP contribution < -0.4 is 11.6 Å². The Balaban J connectivity index is 1.69. The Morgan fingerprint density at radius 1 is 1.21 bits per heavy atom. The lowest BCUT2D eigenvalue weighted by Crippen LogP contribution is -2.48. The minimum Gasteiger partial charge on any atom is -0.382 e. The zero-order chi connectivity index (χ0) is 13.2. The molecule has 104 valence electrons. The molecule has 19 heavy (non-hydrogen) atoms. The molecule has 0 aliphatic heterocycles. The highest BCUT2D eigenvalue weighted by Crippen LogP contribution is 2.64. The van der Waals surface area contributed by atoms with Crippen molar-refractivity contribution in [1.82, 2.24) is 9.66 Å². The number of rotatable bonds is 2. The molecule has 0 saturated heterocycles. The maximum Gasteiger partial charge on any atom is 0.145 e. The first-order valence-electron chi connectivity index (χ1n) is 7.65. The molecule has 1 aromatic heterocycles. The van der Waals surface area contributed by atoms with Crippen molar-refractivity contribution in [3.8, 4) is 0 Å². The van der Waals surface area contributed by atoms with Gasteiger partial charge in [-0.1, -0.05) is 6.92 Å². The molecule has 1 heterocycles. The van der Waals surface area contributed by atoms with Crippen LogP contribution in [-0.4, -0.2) is 9.66 Å². The van der Waals surface area contributed by atoms with Crippen molar-refractivity contribution in [2.24, 2.45) is 23.2 Å². The van der Waals surface area contributed by atoms with Crippen molar-refractivity contribution in [2.45, 2.75) is 51.4 Å². The monoisotopic (exact) mass is 260 g/mol. The third-order valence-electron chi connectivity index (χ3n) is 6.28. The van der Waals surface area contributed by atoms with E-state index in [9.17, 15) is 0 Å². The van der Waals surface area contributed by atoms with Gasteiger partial charge in [0.25, 0.3) is 0 Å². The Bertz CT molecular complexity index is 469. The Hall–Kier alpha value is -1.19. The molecule has 4 aliphatic carbocycles. The highest BCUT2D eigenvalue weighted by molar-refractivity contribution is 5.39. The second-order valence-corrected chi connectivity index (χ2v) is 7.42. The molecule has 5 rings (SSSR count). The van der Waals surface area contributed by atoms with Gasteiger partial charge in [-0.2, -0.15) is 0 Å². The van der Waals surface area contributed by atoms with Gasteiger partial charge in [-0.3, -0.25) is 0 Å². The number of nitrogens with zero attached hydrogens (tertiary/aromatic N) is 2. The zero-order valence-electron chi connectivity index (χ0n) is 11.7. The normalized spacial score (nSPS) is 41.6. The van der Waals surface area contributed by atoms with Crippen molar-refractivity contribution in [3.05, 3.63) is 12.0 Å². The third-order valence-corrected chi connectivity index (χ3v) is 6.28. The molecule has 4 fully saturated rings. The smallest absolute Gasteiger partial charge is 0.145 e. The van der Waals surface area contributed by atoms with Crippen LogP contribution in [0.25, 0.3) is 0 Å². The molecule has 4 bridgehead atoms. The van der Waals surface area contributed by atoms with E-state index in [1.54, 1.807) is 6.33 Å². The number of aromatic nitrogens is 2. The van der Waals surface area contributed by atoms with Crippen molar-refractivity contribution in [1.29, 1.82) is 0 Å². The summed E-state index contributed by atoms with van der Waals surface area (Å²) in [7, 11) is 0. The molecule has 1 atom stereocenters. The van der Waals surface area contributed by atoms with E-state index in [1.165, 1.54) is 43.2 Å². The fraction of sp³-hybridized carbons (Fsp3) is 0.800. The quantitative estimate of drug-likeness (QED) is 0.803. The molecule has 4 nitrogen and oxygen atoms in total. The number of hydrogen-bond donors (Lipinski definition) is 2. The van der Waals surface area contributed by atoms with Gasteiger partial charge in [0.1, 0.15) is 12.1 Å². The topological polar surface area (TPSA) is 69.9 Å². The minimum atomic E-state index is 0.450. The first-order valence-corrected chi connectivity index (χ1v) is 7.65. The van der Waals surface area contributed by atoms with Crippen LogP contribution >= 0.6 is 0 Å². The molecular weight excluding hydrogens is 236 g/mol. The largest absolute Gasteiger partial charge is 0.382 e. The zero-order valence-corrected chi connectivity index (χ0v) is 11.7. The minimum absolute atomic E-state index is 0.450. The van der Waals surface area contributed by atoms with Crippen molar-refractivity contribution >= 4 is 5.82 Å². The Kier molecular flexibility index (Phi) is 2.25. The third kappa shape index (κ3) is 1.55. The van der Waals surface area contributed by atoms with Crippen LogP contribution in [0.3, 0.4) is 0 Å². The number of hydrogen-bond acceptors (Lipinski definition) is 3. The molecule has 4 saturated carbocycles. The summed E-state index contributed by atoms with van der Waals surface area (Å²) in [4.78, 5) is 4.49. The molecule has 0 amide bonds. The summed E-state index contributed by atoms with van der Waals surface area (Å²) in [5.41, 5.74) is 7.59. The number of imidazole rings is 1. The average molecular weight is 260 g/mol. The lowest BCUT2D eigenvalue weighted by molar-refractivity contribution is -0.0660. The summed E-state index contributed by atoms with van der Waals surface area (Å²) in [6.07, 6.45) is 10.2. The predicted octanol–water partition coefficient (Wildman–Crippen LogP) is 2.50. The van der Waals surface area contributed by atoms with Crippen LogP contribution in [0, 0.1) is 23.2 Å². The van der Waals surface area contributed by atoms with E-state index in [-0.39, 0.29) is 0 Å². The average Bonchev–Trinajstić information content (AvgIpc) is 2.67. The van der Waals surface area contributed by atoms with Crippen molar-refractivity contribution < 1.29 is 0 Å². The molecule has 1 unspecified atom stereocenters. The standard InChI is InChI=1S/C15H24N4/c1-9(13-14(16)19(17)8-18-13)15-5-10-2-11(6-15)4-12(3-10)7-15/h8-12H,2-7,16-17H2,1H3. The number of anilines is 1. The van der Waals surface area contributed by atoms with Gasteiger partial charge in [-0.25, -0.2) is 9.66 Å². The second-order valence-electron chi connectivity index (χ2n) is 7.42. The fourth-order valence-corrected chi connectivity index (χ4v) is 5.72. The van der Waals surface area contributed by atoms with Crippen LogP contribution in [0.5, 0.6) is 0 Å². The Morgan fingerprint density at radius 2 is 1.74 bits per heavy atom. The first-order chi connectivity index (χ1) is 9.07. The molecule has 4 N–H and O–H groups in total. The van der Waals surface area contributed by atoms with Crippen LogP contribution in [0.1, 0.15) is 57.1 Å². The van der Waals surface area contributed by atoms with Crippen LogP contribution in [0.4, 0.5) is 5.82 Å². The Labute approximate surface area is 114 Å². The fourth-order valence-electron chi connectivity index (χ4n) is 5.72. The highest BCUT2D eigenvalue weighted by atomic mass is 15.3. The van der Waals surface area contributed by atoms with Crippen LogP contribution in [0.15, 0.2) is 6.33 Å². The molecule has 0 aromatic carbocycles. The maximum absolute atomic E-state index is 6.10. The summed E-state index contributed by atoms with van der Waals surface area (Å²) in [6, 6.07) is 0. The van der Waals surface area contributed by atoms with Gasteiger partial charge in [0.05, 0.1) is 5.69 Å². The molecule has 4 heteroatoms. The van der Waals surface area contributed by atoms with Gasteiger partial charge in [0.15, 0.2) is 0 Å². The Morgan fingerprint density at radius 3 is 2.16 bits per heavy atom. The SMILES string of the molecule is CC(c1ncn(N)c1N)C12CC3CC(CC(C3)C1)C2. The summed E-state index contributed by atoms with van der Waals surface area (Å²) >= 11 is 0. The summed E-state index contributed by atoms with van der Waals surface area (Å²) in [6.45, 7) is 2.33. The van der Waals surface area contributed by atoms with Gasteiger partial charge in [0.2, 0.25) is 0 Å². The van der Waals surface area contributed by atoms with Gasteiger partial charge in [0, 0.05) is 5.92 Å². The second kappa shape index (κ2) is 3.68. The van der Waals surface area contributed by atoms with E-state index in [0.717, 1.165) is 23.4 Å². The van der Waals surface area contributed by atoms with Crippen molar-refractivity contribution in [3.63, 3.8) is 0 Å². The highest BCUT2D eigenvalue weighted by Gasteiger charge is 2.53. The molecule has 1 aromatic rings.